The summed E-state index contributed by atoms with van der Waals surface area (Å²) in [6.07, 6.45) is 1.74. The third kappa shape index (κ3) is 3.34. The van der Waals surface area contributed by atoms with E-state index >= 15 is 0 Å². The number of anilines is 1. The van der Waals surface area contributed by atoms with Crippen molar-refractivity contribution in [3.8, 4) is 0 Å². The Balaban J connectivity index is 1.61. The predicted octanol–water partition coefficient (Wildman–Crippen LogP) is 3.03. The van der Waals surface area contributed by atoms with Crippen LogP contribution in [0, 0.1) is 0 Å². The molecule has 0 bridgehead atoms. The van der Waals surface area contributed by atoms with Crippen molar-refractivity contribution in [3.63, 3.8) is 0 Å². The van der Waals surface area contributed by atoms with Gasteiger partial charge in [0.25, 0.3) is 0 Å². The van der Waals surface area contributed by atoms with Gasteiger partial charge in [-0.25, -0.2) is 4.79 Å². The van der Waals surface area contributed by atoms with Gasteiger partial charge < -0.3 is 14.7 Å². The molecule has 0 aliphatic heterocycles. The van der Waals surface area contributed by atoms with Gasteiger partial charge in [0, 0.05) is 17.1 Å². The van der Waals surface area contributed by atoms with E-state index in [1.807, 2.05) is 6.07 Å². The van der Waals surface area contributed by atoms with Gasteiger partial charge in [-0.1, -0.05) is 31.5 Å². The normalized spacial score (nSPS) is 11.2. The van der Waals surface area contributed by atoms with E-state index in [0.29, 0.717) is 22.3 Å². The number of fused-ring (bicyclic) bond motifs is 2. The molecule has 0 atom stereocenters. The summed E-state index contributed by atoms with van der Waals surface area (Å²) in [5, 5.41) is 3.73. The quantitative estimate of drug-likeness (QED) is 0.559. The summed E-state index contributed by atoms with van der Waals surface area (Å²) in [5.74, 6) is -0.941. The van der Waals surface area contributed by atoms with Crippen LogP contribution in [-0.4, -0.2) is 15.5 Å². The summed E-state index contributed by atoms with van der Waals surface area (Å²) in [6, 6.07) is 13.9. The lowest BCUT2D eigenvalue weighted by Crippen LogP contribution is -2.24. The van der Waals surface area contributed by atoms with Crippen molar-refractivity contribution in [2.24, 2.45) is 0 Å². The van der Waals surface area contributed by atoms with Crippen molar-refractivity contribution in [3.05, 3.63) is 75.0 Å². The maximum atomic E-state index is 12.5. The molecular weight excluding hydrogens is 358 g/mol. The number of rotatable bonds is 5. The van der Waals surface area contributed by atoms with Crippen LogP contribution in [0.3, 0.4) is 0 Å². The van der Waals surface area contributed by atoms with Gasteiger partial charge in [0.05, 0.1) is 11.0 Å². The molecule has 7 heteroatoms. The van der Waals surface area contributed by atoms with Gasteiger partial charge in [-0.05, 0) is 36.2 Å². The molecular formula is C21H19N3O4. The van der Waals surface area contributed by atoms with E-state index in [-0.39, 0.29) is 18.0 Å². The number of para-hydroxylation sites is 2. The van der Waals surface area contributed by atoms with Gasteiger partial charge >= 0.3 is 5.76 Å². The molecule has 0 fully saturated rings. The first-order valence-electron chi connectivity index (χ1n) is 9.09. The monoisotopic (exact) mass is 377 g/mol. The van der Waals surface area contributed by atoms with Crippen LogP contribution in [0.25, 0.3) is 22.0 Å². The highest BCUT2D eigenvalue weighted by atomic mass is 16.4. The van der Waals surface area contributed by atoms with E-state index in [0.717, 1.165) is 23.8 Å². The number of hydrogen-bond acceptors (Lipinski definition) is 4. The smallest absolute Gasteiger partial charge is 0.408 e. The fraction of sp³-hybridized carbons (Fsp3) is 0.190. The Morgan fingerprint density at radius 3 is 2.79 bits per heavy atom. The summed E-state index contributed by atoms with van der Waals surface area (Å²) in [6.45, 7) is 1.89. The second-order valence-corrected chi connectivity index (χ2v) is 6.64. The molecule has 0 unspecified atom stereocenters. The van der Waals surface area contributed by atoms with Crippen LogP contribution in [0.2, 0.25) is 0 Å². The first-order chi connectivity index (χ1) is 13.5. The summed E-state index contributed by atoms with van der Waals surface area (Å²) in [4.78, 5) is 39.2. The molecule has 4 rings (SSSR count). The Kier molecular flexibility index (Phi) is 4.57. The summed E-state index contributed by atoms with van der Waals surface area (Å²) < 4.78 is 6.43. The second kappa shape index (κ2) is 7.19. The number of aryl methyl sites for hydroxylation is 1. The predicted molar refractivity (Wildman–Crippen MR) is 108 cm³/mol. The molecule has 0 saturated heterocycles. The first kappa shape index (κ1) is 17.8. The lowest BCUT2D eigenvalue weighted by molar-refractivity contribution is -0.116. The zero-order valence-corrected chi connectivity index (χ0v) is 15.3. The standard InChI is InChI=1S/C21H19N3O4/c1-2-5-13-10-19(25)23-16-11-14(8-9-15(13)16)22-20(26)12-24-17-6-3-4-7-18(17)28-21(24)27/h3-4,6-11H,2,5,12H2,1H3,(H,22,26)(H,23,25). The average molecular weight is 377 g/mol. The molecule has 2 aromatic heterocycles. The molecule has 2 aromatic carbocycles. The number of nitrogens with one attached hydrogen (secondary N) is 2. The molecule has 4 aromatic rings. The van der Waals surface area contributed by atoms with Gasteiger partial charge in [0.1, 0.15) is 6.54 Å². The minimum absolute atomic E-state index is 0.166. The van der Waals surface area contributed by atoms with Gasteiger partial charge in [-0.3, -0.25) is 14.2 Å². The molecule has 142 valence electrons. The number of pyridine rings is 1. The van der Waals surface area contributed by atoms with Crippen LogP contribution in [0.5, 0.6) is 0 Å². The minimum atomic E-state index is -0.580. The van der Waals surface area contributed by atoms with E-state index in [2.05, 4.69) is 17.2 Å². The number of benzene rings is 2. The zero-order valence-electron chi connectivity index (χ0n) is 15.3. The fourth-order valence-electron chi connectivity index (χ4n) is 3.39. The van der Waals surface area contributed by atoms with Gasteiger partial charge in [0.2, 0.25) is 11.5 Å². The van der Waals surface area contributed by atoms with E-state index in [9.17, 15) is 14.4 Å². The number of amides is 1. The van der Waals surface area contributed by atoms with E-state index in [1.165, 1.54) is 4.57 Å². The van der Waals surface area contributed by atoms with Crippen molar-refractivity contribution in [2.45, 2.75) is 26.3 Å². The number of H-pyrrole nitrogens is 1. The highest BCUT2D eigenvalue weighted by Crippen LogP contribution is 2.21. The third-order valence-corrected chi connectivity index (χ3v) is 4.61. The molecule has 0 aliphatic carbocycles. The third-order valence-electron chi connectivity index (χ3n) is 4.61. The van der Waals surface area contributed by atoms with Crippen molar-refractivity contribution in [2.75, 3.05) is 5.32 Å². The molecule has 28 heavy (non-hydrogen) atoms. The van der Waals surface area contributed by atoms with Gasteiger partial charge in [0.15, 0.2) is 5.58 Å². The van der Waals surface area contributed by atoms with E-state index < -0.39 is 5.76 Å². The zero-order chi connectivity index (χ0) is 19.7. The maximum Gasteiger partial charge on any atom is 0.420 e. The summed E-state index contributed by atoms with van der Waals surface area (Å²) in [7, 11) is 0. The largest absolute Gasteiger partial charge is 0.420 e. The Bertz CT molecular complexity index is 1300. The summed E-state index contributed by atoms with van der Waals surface area (Å²) >= 11 is 0. The van der Waals surface area contributed by atoms with Gasteiger partial charge in [-0.2, -0.15) is 0 Å². The molecule has 0 aliphatic rings. The summed E-state index contributed by atoms with van der Waals surface area (Å²) in [5.41, 5.74) is 3.02. The van der Waals surface area contributed by atoms with Crippen molar-refractivity contribution in [1.82, 2.24) is 9.55 Å². The Morgan fingerprint density at radius 1 is 1.14 bits per heavy atom. The van der Waals surface area contributed by atoms with Crippen molar-refractivity contribution >= 4 is 33.6 Å². The van der Waals surface area contributed by atoms with Gasteiger partial charge in [-0.15, -0.1) is 0 Å². The second-order valence-electron chi connectivity index (χ2n) is 6.64. The number of carbonyl (C=O) groups excluding carboxylic acids is 1. The average Bonchev–Trinajstić information content (AvgIpc) is 2.97. The lowest BCUT2D eigenvalue weighted by Gasteiger charge is -2.09. The van der Waals surface area contributed by atoms with Crippen LogP contribution in [0.1, 0.15) is 18.9 Å². The number of hydrogen-bond donors (Lipinski definition) is 2. The van der Waals surface area contributed by atoms with Crippen molar-refractivity contribution in [1.29, 1.82) is 0 Å². The number of carbonyl (C=O) groups is 1. The SMILES string of the molecule is CCCc1cc(=O)[nH]c2cc(NC(=O)Cn3c(=O)oc4ccccc43)ccc12. The minimum Gasteiger partial charge on any atom is -0.408 e. The van der Waals surface area contributed by atoms with Crippen LogP contribution in [0.4, 0.5) is 5.69 Å². The number of nitrogens with zero attached hydrogens (tertiary/aromatic N) is 1. The van der Waals surface area contributed by atoms with Crippen LogP contribution < -0.4 is 16.6 Å². The highest BCUT2D eigenvalue weighted by molar-refractivity contribution is 5.94. The van der Waals surface area contributed by atoms with E-state index in [4.69, 9.17) is 4.42 Å². The number of oxazole rings is 1. The molecule has 7 nitrogen and oxygen atoms in total. The highest BCUT2D eigenvalue weighted by Gasteiger charge is 2.13. The number of aromatic nitrogens is 2. The topological polar surface area (TPSA) is 97.1 Å². The maximum absolute atomic E-state index is 12.5. The van der Waals surface area contributed by atoms with E-state index in [1.54, 1.807) is 42.5 Å². The Labute approximate surface area is 159 Å². The first-order valence-corrected chi connectivity index (χ1v) is 9.09. The number of aromatic amines is 1. The van der Waals surface area contributed by atoms with Crippen LogP contribution >= 0.6 is 0 Å². The fourth-order valence-corrected chi connectivity index (χ4v) is 3.39. The lowest BCUT2D eigenvalue weighted by atomic mass is 10.0. The Hall–Kier alpha value is -3.61. The molecule has 2 N–H and O–H groups in total. The molecule has 0 radical (unpaired) electrons. The molecule has 0 saturated carbocycles. The molecule has 1 amide bonds. The Morgan fingerprint density at radius 2 is 1.96 bits per heavy atom. The molecule has 0 spiro atoms. The van der Waals surface area contributed by atoms with Crippen LogP contribution in [0.15, 0.2) is 62.5 Å². The van der Waals surface area contributed by atoms with Crippen LogP contribution in [-0.2, 0) is 17.8 Å². The van der Waals surface area contributed by atoms with Crippen molar-refractivity contribution < 1.29 is 9.21 Å². The molecule has 2 heterocycles.